The highest BCUT2D eigenvalue weighted by Crippen LogP contribution is 2.32. The fraction of sp³-hybridized carbons (Fsp3) is 0.438. The summed E-state index contributed by atoms with van der Waals surface area (Å²) in [6, 6.07) is 8.11. The summed E-state index contributed by atoms with van der Waals surface area (Å²) in [5.41, 5.74) is 2.40. The number of methoxy groups -OCH3 is 1. The lowest BCUT2D eigenvalue weighted by molar-refractivity contribution is -0.122. The summed E-state index contributed by atoms with van der Waals surface area (Å²) in [6.45, 7) is 0.807. The van der Waals surface area contributed by atoms with Crippen LogP contribution < -0.4 is 5.32 Å². The van der Waals surface area contributed by atoms with Crippen molar-refractivity contribution in [2.24, 2.45) is 0 Å². The molecule has 1 aromatic heterocycles. The molecule has 1 aromatic carbocycles. The van der Waals surface area contributed by atoms with Crippen LogP contribution in [0.2, 0.25) is 0 Å². The van der Waals surface area contributed by atoms with Gasteiger partial charge in [0.2, 0.25) is 11.8 Å². The first-order valence-corrected chi connectivity index (χ1v) is 7.44. The van der Waals surface area contributed by atoms with Crippen molar-refractivity contribution in [3.05, 3.63) is 47.1 Å². The maximum atomic E-state index is 12.3. The van der Waals surface area contributed by atoms with Crippen LogP contribution in [0.15, 0.2) is 28.8 Å². The molecule has 0 radical (unpaired) electrons. The number of benzene rings is 1. The van der Waals surface area contributed by atoms with Crippen LogP contribution in [0.25, 0.3) is 0 Å². The number of rotatable bonds is 6. The largest absolute Gasteiger partial charge is 0.384 e. The van der Waals surface area contributed by atoms with Crippen molar-refractivity contribution >= 4 is 5.91 Å². The molecule has 0 spiro atoms. The molecule has 0 bridgehead atoms. The number of carbonyl (C=O) groups is 1. The second-order valence-electron chi connectivity index (χ2n) is 5.36. The van der Waals surface area contributed by atoms with Crippen LogP contribution >= 0.6 is 0 Å². The van der Waals surface area contributed by atoms with Gasteiger partial charge in [-0.1, -0.05) is 29.4 Å². The van der Waals surface area contributed by atoms with Gasteiger partial charge in [0.1, 0.15) is 0 Å². The number of hydrogen-bond donors (Lipinski definition) is 1. The van der Waals surface area contributed by atoms with Crippen molar-refractivity contribution in [1.29, 1.82) is 0 Å². The smallest absolute Gasteiger partial charge is 0.246 e. The Balaban J connectivity index is 1.56. The number of ether oxygens (including phenoxy) is 1. The molecule has 1 heterocycles. The molecule has 2 aromatic rings. The fourth-order valence-corrected chi connectivity index (χ4v) is 2.77. The van der Waals surface area contributed by atoms with Crippen LogP contribution in [0.4, 0.5) is 0 Å². The monoisotopic (exact) mass is 301 g/mol. The van der Waals surface area contributed by atoms with Crippen molar-refractivity contribution < 1.29 is 14.1 Å². The van der Waals surface area contributed by atoms with Crippen molar-refractivity contribution in [2.75, 3.05) is 13.7 Å². The Morgan fingerprint density at radius 1 is 1.45 bits per heavy atom. The highest BCUT2D eigenvalue weighted by atomic mass is 16.5. The van der Waals surface area contributed by atoms with E-state index in [-0.39, 0.29) is 18.4 Å². The summed E-state index contributed by atoms with van der Waals surface area (Å²) in [6.07, 6.45) is 2.41. The number of hydrogen-bond acceptors (Lipinski definition) is 5. The number of amides is 1. The highest BCUT2D eigenvalue weighted by molar-refractivity contribution is 5.84. The molecule has 22 heavy (non-hydrogen) atoms. The van der Waals surface area contributed by atoms with E-state index in [0.717, 1.165) is 18.4 Å². The number of nitrogens with zero attached hydrogens (tertiary/aromatic N) is 2. The first kappa shape index (κ1) is 14.7. The lowest BCUT2D eigenvalue weighted by Crippen LogP contribution is -2.28. The molecule has 116 valence electrons. The third kappa shape index (κ3) is 3.17. The minimum Gasteiger partial charge on any atom is -0.384 e. The molecule has 6 nitrogen and oxygen atoms in total. The van der Waals surface area contributed by atoms with E-state index in [9.17, 15) is 4.79 Å². The van der Waals surface area contributed by atoms with Gasteiger partial charge in [-0.2, -0.15) is 4.98 Å². The second-order valence-corrected chi connectivity index (χ2v) is 5.36. The fourth-order valence-electron chi connectivity index (χ4n) is 2.77. The van der Waals surface area contributed by atoms with E-state index >= 15 is 0 Å². The number of carbonyl (C=O) groups excluding carboxylic acids is 1. The van der Waals surface area contributed by atoms with E-state index in [1.165, 1.54) is 5.56 Å². The summed E-state index contributed by atoms with van der Waals surface area (Å²) >= 11 is 0. The van der Waals surface area contributed by atoms with Crippen molar-refractivity contribution in [1.82, 2.24) is 15.5 Å². The van der Waals surface area contributed by atoms with E-state index in [1.807, 2.05) is 18.2 Å². The zero-order valence-electron chi connectivity index (χ0n) is 12.5. The zero-order valence-corrected chi connectivity index (χ0v) is 12.5. The van der Waals surface area contributed by atoms with Gasteiger partial charge in [-0.25, -0.2) is 0 Å². The molecule has 3 rings (SSSR count). The number of aromatic nitrogens is 2. The summed E-state index contributed by atoms with van der Waals surface area (Å²) in [5, 5.41) is 6.73. The molecule has 1 amide bonds. The molecule has 0 saturated heterocycles. The maximum Gasteiger partial charge on any atom is 0.246 e. The van der Waals surface area contributed by atoms with Gasteiger partial charge in [0.15, 0.2) is 5.82 Å². The zero-order chi connectivity index (χ0) is 15.4. The van der Waals surface area contributed by atoms with Gasteiger partial charge in [0.05, 0.1) is 19.1 Å². The van der Waals surface area contributed by atoms with Crippen LogP contribution in [0, 0.1) is 0 Å². The molecule has 1 atom stereocenters. The SMILES string of the molecule is COCCc1noc(CNC(=O)C2CCc3ccccc32)n1. The Morgan fingerprint density at radius 3 is 3.18 bits per heavy atom. The molecule has 1 aliphatic carbocycles. The molecular weight excluding hydrogens is 282 g/mol. The average molecular weight is 301 g/mol. The molecule has 0 saturated carbocycles. The average Bonchev–Trinajstić information content (AvgIpc) is 3.17. The lowest BCUT2D eigenvalue weighted by Gasteiger charge is -2.10. The summed E-state index contributed by atoms with van der Waals surface area (Å²) < 4.78 is 10.1. The third-order valence-electron chi connectivity index (χ3n) is 3.90. The second kappa shape index (κ2) is 6.70. The normalized spacial score (nSPS) is 16.5. The third-order valence-corrected chi connectivity index (χ3v) is 3.90. The summed E-state index contributed by atoms with van der Waals surface area (Å²) in [7, 11) is 1.63. The maximum absolute atomic E-state index is 12.3. The van der Waals surface area contributed by atoms with E-state index in [0.29, 0.717) is 24.7 Å². The minimum atomic E-state index is -0.0768. The topological polar surface area (TPSA) is 77.3 Å². The first-order valence-electron chi connectivity index (χ1n) is 7.44. The summed E-state index contributed by atoms with van der Waals surface area (Å²) in [4.78, 5) is 16.6. The van der Waals surface area contributed by atoms with Gasteiger partial charge in [-0.3, -0.25) is 4.79 Å². The summed E-state index contributed by atoms with van der Waals surface area (Å²) in [5.74, 6) is 0.955. The van der Waals surface area contributed by atoms with Gasteiger partial charge in [-0.15, -0.1) is 0 Å². The van der Waals surface area contributed by atoms with Gasteiger partial charge >= 0.3 is 0 Å². The van der Waals surface area contributed by atoms with Gasteiger partial charge in [0.25, 0.3) is 0 Å². The van der Waals surface area contributed by atoms with E-state index in [1.54, 1.807) is 7.11 Å². The molecule has 0 fully saturated rings. The van der Waals surface area contributed by atoms with Gasteiger partial charge in [-0.05, 0) is 24.0 Å². The van der Waals surface area contributed by atoms with E-state index in [2.05, 4.69) is 21.5 Å². The molecule has 1 unspecified atom stereocenters. The Morgan fingerprint density at radius 2 is 2.32 bits per heavy atom. The van der Waals surface area contributed by atoms with Crippen molar-refractivity contribution in [2.45, 2.75) is 31.7 Å². The molecule has 6 heteroatoms. The Hall–Kier alpha value is -2.21. The minimum absolute atomic E-state index is 0.0154. The standard InChI is InChI=1S/C16H19N3O3/c1-21-9-8-14-18-15(22-19-14)10-17-16(20)13-7-6-11-4-2-3-5-12(11)13/h2-5,13H,6-10H2,1H3,(H,17,20). The lowest BCUT2D eigenvalue weighted by atomic mass is 10.0. The quantitative estimate of drug-likeness (QED) is 0.877. The highest BCUT2D eigenvalue weighted by Gasteiger charge is 2.28. The number of nitrogens with one attached hydrogen (secondary N) is 1. The Labute approximate surface area is 128 Å². The van der Waals surface area contributed by atoms with Crippen LogP contribution in [0.3, 0.4) is 0 Å². The number of aryl methyl sites for hydroxylation is 1. The first-order chi connectivity index (χ1) is 10.8. The van der Waals surface area contributed by atoms with Crippen LogP contribution in [-0.4, -0.2) is 29.8 Å². The number of fused-ring (bicyclic) bond motifs is 1. The van der Waals surface area contributed by atoms with E-state index in [4.69, 9.17) is 9.26 Å². The van der Waals surface area contributed by atoms with Crippen molar-refractivity contribution in [3.8, 4) is 0 Å². The van der Waals surface area contributed by atoms with Crippen LogP contribution in [-0.2, 0) is 28.9 Å². The van der Waals surface area contributed by atoms with Crippen LogP contribution in [0.5, 0.6) is 0 Å². The molecular formula is C16H19N3O3. The Kier molecular flexibility index (Phi) is 4.48. The van der Waals surface area contributed by atoms with Gasteiger partial charge in [0, 0.05) is 13.5 Å². The van der Waals surface area contributed by atoms with E-state index < -0.39 is 0 Å². The molecule has 1 N–H and O–H groups in total. The molecule has 0 aliphatic heterocycles. The van der Waals surface area contributed by atoms with Crippen LogP contribution in [0.1, 0.15) is 35.2 Å². The predicted molar refractivity (Wildman–Crippen MR) is 79.2 cm³/mol. The van der Waals surface area contributed by atoms with Gasteiger partial charge < -0.3 is 14.6 Å². The Bertz CT molecular complexity index is 654. The van der Waals surface area contributed by atoms with Crippen molar-refractivity contribution in [3.63, 3.8) is 0 Å². The predicted octanol–water partition coefficient (Wildman–Crippen LogP) is 1.60. The molecule has 1 aliphatic rings.